The highest BCUT2D eigenvalue weighted by Gasteiger charge is 2.39. The van der Waals surface area contributed by atoms with Gasteiger partial charge in [0.05, 0.1) is 0 Å². The van der Waals surface area contributed by atoms with Crippen molar-refractivity contribution in [3.05, 3.63) is 29.3 Å². The highest BCUT2D eigenvalue weighted by molar-refractivity contribution is 5.55. The normalized spacial score (nSPS) is 22.1. The van der Waals surface area contributed by atoms with Gasteiger partial charge in [0.25, 0.3) is 0 Å². The monoisotopic (exact) mass is 260 g/mol. The fourth-order valence-electron chi connectivity index (χ4n) is 3.36. The zero-order valence-electron chi connectivity index (χ0n) is 13.3. The maximum Gasteiger partial charge on any atom is 0.0475 e. The molecular formula is C17H28N2. The SMILES string of the molecule is Cc1ccc(N2C(C)(C)CCNCC2(C)C)cc1C. The van der Waals surface area contributed by atoms with Crippen LogP contribution in [0.5, 0.6) is 0 Å². The van der Waals surface area contributed by atoms with Gasteiger partial charge in [-0.05, 0) is 77.8 Å². The molecule has 0 aromatic heterocycles. The maximum absolute atomic E-state index is 3.58. The Morgan fingerprint density at radius 3 is 2.32 bits per heavy atom. The molecule has 0 spiro atoms. The van der Waals surface area contributed by atoms with E-state index in [0.717, 1.165) is 13.1 Å². The molecular weight excluding hydrogens is 232 g/mol. The fourth-order valence-corrected chi connectivity index (χ4v) is 3.36. The van der Waals surface area contributed by atoms with E-state index in [4.69, 9.17) is 0 Å². The molecule has 2 rings (SSSR count). The van der Waals surface area contributed by atoms with Crippen LogP contribution in [-0.2, 0) is 0 Å². The molecule has 19 heavy (non-hydrogen) atoms. The van der Waals surface area contributed by atoms with Crippen LogP contribution in [0.2, 0.25) is 0 Å². The molecule has 1 aliphatic heterocycles. The van der Waals surface area contributed by atoms with Crippen LogP contribution in [0, 0.1) is 13.8 Å². The van der Waals surface area contributed by atoms with E-state index in [2.05, 4.69) is 70.0 Å². The summed E-state index contributed by atoms with van der Waals surface area (Å²) >= 11 is 0. The Morgan fingerprint density at radius 1 is 1.00 bits per heavy atom. The molecule has 0 bridgehead atoms. The zero-order chi connectivity index (χ0) is 14.3. The minimum Gasteiger partial charge on any atom is -0.360 e. The van der Waals surface area contributed by atoms with Gasteiger partial charge in [-0.1, -0.05) is 6.07 Å². The van der Waals surface area contributed by atoms with Crippen molar-refractivity contribution in [1.82, 2.24) is 5.32 Å². The van der Waals surface area contributed by atoms with Crippen LogP contribution >= 0.6 is 0 Å². The van der Waals surface area contributed by atoms with Gasteiger partial charge in [-0.15, -0.1) is 0 Å². The van der Waals surface area contributed by atoms with Crippen molar-refractivity contribution in [3.63, 3.8) is 0 Å². The van der Waals surface area contributed by atoms with E-state index in [0.29, 0.717) is 0 Å². The van der Waals surface area contributed by atoms with Crippen molar-refractivity contribution in [1.29, 1.82) is 0 Å². The number of aryl methyl sites for hydroxylation is 2. The lowest BCUT2D eigenvalue weighted by molar-refractivity contribution is 0.357. The molecule has 1 aromatic carbocycles. The summed E-state index contributed by atoms with van der Waals surface area (Å²) in [6.45, 7) is 15.9. The number of hydrogen-bond donors (Lipinski definition) is 1. The lowest BCUT2D eigenvalue weighted by atomic mass is 9.90. The lowest BCUT2D eigenvalue weighted by Crippen LogP contribution is -2.57. The third-order valence-corrected chi connectivity index (χ3v) is 4.43. The van der Waals surface area contributed by atoms with E-state index in [1.807, 2.05) is 0 Å². The standard InChI is InChI=1S/C17H28N2/c1-13-7-8-15(11-14(13)2)19-16(3,4)9-10-18-12-17(19,5)6/h7-8,11,18H,9-10,12H2,1-6H3. The molecule has 0 radical (unpaired) electrons. The van der Waals surface area contributed by atoms with Crippen LogP contribution in [-0.4, -0.2) is 24.2 Å². The molecule has 1 aliphatic rings. The van der Waals surface area contributed by atoms with Crippen LogP contribution in [0.15, 0.2) is 18.2 Å². The fraction of sp³-hybridized carbons (Fsp3) is 0.647. The first-order chi connectivity index (χ1) is 8.74. The highest BCUT2D eigenvalue weighted by Crippen LogP contribution is 2.36. The largest absolute Gasteiger partial charge is 0.360 e. The first-order valence-corrected chi connectivity index (χ1v) is 7.32. The van der Waals surface area contributed by atoms with E-state index >= 15 is 0 Å². The van der Waals surface area contributed by atoms with Gasteiger partial charge in [0.1, 0.15) is 0 Å². The molecule has 1 fully saturated rings. The van der Waals surface area contributed by atoms with Crippen LogP contribution in [0.4, 0.5) is 5.69 Å². The highest BCUT2D eigenvalue weighted by atomic mass is 15.3. The summed E-state index contributed by atoms with van der Waals surface area (Å²) < 4.78 is 0. The summed E-state index contributed by atoms with van der Waals surface area (Å²) in [5.41, 5.74) is 4.39. The van der Waals surface area contributed by atoms with Crippen molar-refractivity contribution in [2.45, 2.75) is 59.0 Å². The second-order valence-corrected chi connectivity index (χ2v) is 7.16. The van der Waals surface area contributed by atoms with Crippen LogP contribution in [0.25, 0.3) is 0 Å². The summed E-state index contributed by atoms with van der Waals surface area (Å²) in [6, 6.07) is 6.86. The van der Waals surface area contributed by atoms with Crippen molar-refractivity contribution < 1.29 is 0 Å². The van der Waals surface area contributed by atoms with Crippen molar-refractivity contribution in [2.75, 3.05) is 18.0 Å². The van der Waals surface area contributed by atoms with Gasteiger partial charge < -0.3 is 10.2 Å². The predicted molar refractivity (Wildman–Crippen MR) is 84.0 cm³/mol. The zero-order valence-corrected chi connectivity index (χ0v) is 13.3. The second kappa shape index (κ2) is 4.82. The van der Waals surface area contributed by atoms with Crippen molar-refractivity contribution in [2.24, 2.45) is 0 Å². The lowest BCUT2D eigenvalue weighted by Gasteiger charge is -2.49. The van der Waals surface area contributed by atoms with Gasteiger partial charge in [0.2, 0.25) is 0 Å². The van der Waals surface area contributed by atoms with Gasteiger partial charge >= 0.3 is 0 Å². The van der Waals surface area contributed by atoms with Crippen molar-refractivity contribution in [3.8, 4) is 0 Å². The smallest absolute Gasteiger partial charge is 0.0475 e. The van der Waals surface area contributed by atoms with Crippen molar-refractivity contribution >= 4 is 5.69 Å². The predicted octanol–water partition coefficient (Wildman–Crippen LogP) is 3.66. The summed E-state index contributed by atoms with van der Waals surface area (Å²) in [6.07, 6.45) is 1.17. The summed E-state index contributed by atoms with van der Waals surface area (Å²) in [5, 5.41) is 3.58. The quantitative estimate of drug-likeness (QED) is 0.829. The number of rotatable bonds is 1. The molecule has 0 atom stereocenters. The Bertz CT molecular complexity index is 442. The Hall–Kier alpha value is -1.02. The maximum atomic E-state index is 3.58. The molecule has 106 valence electrons. The minimum absolute atomic E-state index is 0.127. The number of hydrogen-bond acceptors (Lipinski definition) is 2. The average Bonchev–Trinajstić information content (AvgIpc) is 2.39. The molecule has 0 saturated carbocycles. The summed E-state index contributed by atoms with van der Waals surface area (Å²) in [5.74, 6) is 0. The van der Waals surface area contributed by atoms with Gasteiger partial charge in [0.15, 0.2) is 0 Å². The number of anilines is 1. The third kappa shape index (κ3) is 2.79. The molecule has 0 aliphatic carbocycles. The molecule has 0 amide bonds. The van der Waals surface area contributed by atoms with Crippen LogP contribution in [0.1, 0.15) is 45.2 Å². The van der Waals surface area contributed by atoms with Crippen LogP contribution < -0.4 is 10.2 Å². The Morgan fingerprint density at radius 2 is 1.68 bits per heavy atom. The summed E-state index contributed by atoms with van der Waals surface area (Å²) in [4.78, 5) is 2.60. The first-order valence-electron chi connectivity index (χ1n) is 7.32. The van der Waals surface area contributed by atoms with E-state index in [9.17, 15) is 0 Å². The average molecular weight is 260 g/mol. The molecule has 2 nitrogen and oxygen atoms in total. The number of nitrogens with one attached hydrogen (secondary N) is 1. The van der Waals surface area contributed by atoms with E-state index in [1.165, 1.54) is 23.2 Å². The molecule has 1 N–H and O–H groups in total. The molecule has 1 aromatic rings. The summed E-state index contributed by atoms with van der Waals surface area (Å²) in [7, 11) is 0. The minimum atomic E-state index is 0.127. The molecule has 1 heterocycles. The van der Waals surface area contributed by atoms with Gasteiger partial charge in [-0.2, -0.15) is 0 Å². The second-order valence-electron chi connectivity index (χ2n) is 7.16. The van der Waals surface area contributed by atoms with Gasteiger partial charge in [0, 0.05) is 23.3 Å². The molecule has 2 heteroatoms. The van der Waals surface area contributed by atoms with E-state index in [-0.39, 0.29) is 11.1 Å². The Balaban J connectivity index is 2.49. The Kier molecular flexibility index (Phi) is 3.65. The van der Waals surface area contributed by atoms with Gasteiger partial charge in [-0.25, -0.2) is 0 Å². The first kappa shape index (κ1) is 14.4. The Labute approximate surface area is 118 Å². The van der Waals surface area contributed by atoms with Crippen LogP contribution in [0.3, 0.4) is 0 Å². The van der Waals surface area contributed by atoms with E-state index < -0.39 is 0 Å². The third-order valence-electron chi connectivity index (χ3n) is 4.43. The number of nitrogens with zero attached hydrogens (tertiary/aromatic N) is 1. The van der Waals surface area contributed by atoms with E-state index in [1.54, 1.807) is 0 Å². The van der Waals surface area contributed by atoms with Gasteiger partial charge in [-0.3, -0.25) is 0 Å². The molecule has 0 unspecified atom stereocenters. The topological polar surface area (TPSA) is 15.3 Å². The molecule has 1 saturated heterocycles. The number of benzene rings is 1.